The number of hydrazone groups is 1. The molecule has 6 rings (SSSR count). The van der Waals surface area contributed by atoms with Gasteiger partial charge in [-0.25, -0.2) is 0 Å². The molecule has 150 valence electrons. The molecule has 1 spiro atoms. The minimum Gasteiger partial charge on any atom is -0.545 e. The van der Waals surface area contributed by atoms with Gasteiger partial charge < -0.3 is 14.3 Å². The first-order valence-corrected chi connectivity index (χ1v) is 10.0. The molecule has 4 aliphatic rings. The predicted octanol–water partition coefficient (Wildman–Crippen LogP) is 1.84. The first-order valence-electron chi connectivity index (χ1n) is 10.0. The van der Waals surface area contributed by atoms with Crippen LogP contribution in [0.4, 0.5) is 0 Å². The Balaban J connectivity index is 1.23. The Bertz CT molecular complexity index is 1140. The van der Waals surface area contributed by atoms with Crippen LogP contribution in [0.5, 0.6) is 0 Å². The lowest BCUT2D eigenvalue weighted by Gasteiger charge is -2.18. The van der Waals surface area contributed by atoms with Crippen molar-refractivity contribution in [3.05, 3.63) is 59.9 Å². The molecule has 2 amide bonds. The molecule has 3 aliphatic carbocycles. The number of imide groups is 1. The SMILES string of the molecule is O=C([O-])c1cccc(-c2ccc(/C=N\N3C(=O)[C@@H]4[C@H](C3=O)[C@H]3C=C[C@@H]4C34CC4)o2)c1. The molecule has 1 saturated heterocycles. The monoisotopic (exact) mass is 401 g/mol. The molecule has 30 heavy (non-hydrogen) atoms. The Hall–Kier alpha value is -3.48. The maximum Gasteiger partial charge on any atom is 0.254 e. The highest BCUT2D eigenvalue weighted by atomic mass is 16.4. The number of nitrogens with zero attached hydrogens (tertiary/aromatic N) is 2. The van der Waals surface area contributed by atoms with Crippen LogP contribution in [0, 0.1) is 29.1 Å². The largest absolute Gasteiger partial charge is 0.545 e. The van der Waals surface area contributed by atoms with Crippen LogP contribution in [0.3, 0.4) is 0 Å². The highest BCUT2D eigenvalue weighted by Crippen LogP contribution is 2.73. The molecule has 2 heterocycles. The van der Waals surface area contributed by atoms with E-state index in [4.69, 9.17) is 4.42 Å². The number of carbonyl (C=O) groups is 3. The van der Waals surface area contributed by atoms with Gasteiger partial charge in [0.15, 0.2) is 0 Å². The van der Waals surface area contributed by atoms with Crippen molar-refractivity contribution in [1.29, 1.82) is 0 Å². The van der Waals surface area contributed by atoms with Crippen LogP contribution in [0.1, 0.15) is 29.0 Å². The van der Waals surface area contributed by atoms with Gasteiger partial charge >= 0.3 is 0 Å². The van der Waals surface area contributed by atoms with Crippen molar-refractivity contribution in [3.8, 4) is 11.3 Å². The molecule has 0 N–H and O–H groups in total. The first kappa shape index (κ1) is 17.4. The van der Waals surface area contributed by atoms with E-state index in [1.807, 2.05) is 0 Å². The number of benzene rings is 1. The number of carboxylic acids is 1. The van der Waals surface area contributed by atoms with Crippen LogP contribution in [-0.4, -0.2) is 29.0 Å². The molecule has 1 aromatic carbocycles. The average Bonchev–Trinajstić information content (AvgIpc) is 3.03. The summed E-state index contributed by atoms with van der Waals surface area (Å²) in [5, 5.41) is 16.2. The summed E-state index contributed by atoms with van der Waals surface area (Å²) in [5.74, 6) is -1.15. The molecule has 1 aliphatic heterocycles. The lowest BCUT2D eigenvalue weighted by Crippen LogP contribution is -2.30. The fourth-order valence-electron chi connectivity index (χ4n) is 5.67. The summed E-state index contributed by atoms with van der Waals surface area (Å²) in [6.45, 7) is 0. The lowest BCUT2D eigenvalue weighted by molar-refractivity contribution is -0.255. The zero-order valence-corrected chi connectivity index (χ0v) is 15.9. The number of fused-ring (bicyclic) bond motifs is 3. The number of aromatic carboxylic acids is 1. The predicted molar refractivity (Wildman–Crippen MR) is 103 cm³/mol. The fourth-order valence-corrected chi connectivity index (χ4v) is 5.67. The molecule has 2 saturated carbocycles. The van der Waals surface area contributed by atoms with E-state index in [1.54, 1.807) is 24.3 Å². The highest BCUT2D eigenvalue weighted by Gasteiger charge is 2.73. The number of rotatable bonds is 4. The molecule has 3 fully saturated rings. The van der Waals surface area contributed by atoms with E-state index >= 15 is 0 Å². The second-order valence-electron chi connectivity index (χ2n) is 8.52. The summed E-state index contributed by atoms with van der Waals surface area (Å²) in [6.07, 6.45) is 7.79. The summed E-state index contributed by atoms with van der Waals surface area (Å²) in [4.78, 5) is 36.9. The maximum absolute atomic E-state index is 12.9. The molecular formula is C23H17N2O5-. The van der Waals surface area contributed by atoms with Gasteiger partial charge in [-0.1, -0.05) is 30.4 Å². The van der Waals surface area contributed by atoms with Gasteiger partial charge in [-0.05, 0) is 53.9 Å². The van der Waals surface area contributed by atoms with Gasteiger partial charge in [-0.15, -0.1) is 0 Å². The minimum atomic E-state index is -1.27. The van der Waals surface area contributed by atoms with Crippen LogP contribution in [0.25, 0.3) is 11.3 Å². The van der Waals surface area contributed by atoms with Gasteiger partial charge in [-0.3, -0.25) is 9.59 Å². The molecular weight excluding hydrogens is 384 g/mol. The van der Waals surface area contributed by atoms with Crippen LogP contribution < -0.4 is 5.11 Å². The van der Waals surface area contributed by atoms with E-state index in [0.717, 1.165) is 17.9 Å². The molecule has 4 atom stereocenters. The lowest BCUT2D eigenvalue weighted by atomic mass is 9.85. The summed E-state index contributed by atoms with van der Waals surface area (Å²) in [7, 11) is 0. The number of allylic oxidation sites excluding steroid dienone is 2. The molecule has 2 aromatic rings. The Morgan fingerprint density at radius 2 is 1.80 bits per heavy atom. The Morgan fingerprint density at radius 3 is 2.43 bits per heavy atom. The van der Waals surface area contributed by atoms with E-state index < -0.39 is 5.97 Å². The van der Waals surface area contributed by atoms with Crippen molar-refractivity contribution in [2.75, 3.05) is 0 Å². The summed E-state index contributed by atoms with van der Waals surface area (Å²) < 4.78 is 5.70. The maximum atomic E-state index is 12.9. The van der Waals surface area contributed by atoms with Gasteiger partial charge in [0.25, 0.3) is 11.8 Å². The first-order chi connectivity index (χ1) is 14.5. The van der Waals surface area contributed by atoms with Crippen molar-refractivity contribution in [3.63, 3.8) is 0 Å². The van der Waals surface area contributed by atoms with Crippen LogP contribution in [0.2, 0.25) is 0 Å². The van der Waals surface area contributed by atoms with Gasteiger partial charge in [-0.2, -0.15) is 10.1 Å². The van der Waals surface area contributed by atoms with Gasteiger partial charge in [0.05, 0.1) is 24.0 Å². The smallest absolute Gasteiger partial charge is 0.254 e. The Kier molecular flexibility index (Phi) is 3.35. The van der Waals surface area contributed by atoms with Gasteiger partial charge in [0.1, 0.15) is 11.5 Å². The van der Waals surface area contributed by atoms with E-state index in [1.165, 1.54) is 18.3 Å². The van der Waals surface area contributed by atoms with Crippen molar-refractivity contribution < 1.29 is 23.9 Å². The third-order valence-electron chi connectivity index (χ3n) is 7.14. The second-order valence-corrected chi connectivity index (χ2v) is 8.52. The highest BCUT2D eigenvalue weighted by molar-refractivity contribution is 6.07. The topological polar surface area (TPSA) is 103 Å². The van der Waals surface area contributed by atoms with Gasteiger partial charge in [0, 0.05) is 5.56 Å². The van der Waals surface area contributed by atoms with Crippen molar-refractivity contribution in [2.45, 2.75) is 12.8 Å². The number of furan rings is 1. The average molecular weight is 401 g/mol. The zero-order chi connectivity index (χ0) is 20.6. The summed E-state index contributed by atoms with van der Waals surface area (Å²) in [5.41, 5.74) is 0.791. The van der Waals surface area contributed by atoms with Crippen LogP contribution in [-0.2, 0) is 9.59 Å². The van der Waals surface area contributed by atoms with Gasteiger partial charge in [0.2, 0.25) is 0 Å². The summed E-state index contributed by atoms with van der Waals surface area (Å²) in [6, 6.07) is 9.56. The quantitative estimate of drug-likeness (QED) is 0.442. The third kappa shape index (κ3) is 2.20. The molecule has 7 heteroatoms. The number of hydrogen-bond acceptors (Lipinski definition) is 6. The minimum absolute atomic E-state index is 0.0515. The van der Waals surface area contributed by atoms with E-state index in [-0.39, 0.29) is 46.5 Å². The number of carboxylic acid groups (broad SMARTS) is 1. The Morgan fingerprint density at radius 1 is 1.10 bits per heavy atom. The van der Waals surface area contributed by atoms with Crippen LogP contribution in [0.15, 0.2) is 58.1 Å². The normalized spacial score (nSPS) is 30.1. The van der Waals surface area contributed by atoms with E-state index in [9.17, 15) is 19.5 Å². The molecule has 1 aromatic heterocycles. The standard InChI is InChI=1S/C23H18N2O5/c26-20-18-15-5-6-16(23(15)8-9-23)19(18)21(27)25(20)24-11-14-4-7-17(30-14)12-2-1-3-13(10-12)22(28)29/h1-7,10-11,15-16,18-19H,8-9H2,(H,28,29)/p-1/b24-11-/t15-,16+,18-,19+. The van der Waals surface area contributed by atoms with E-state index in [0.29, 0.717) is 17.1 Å². The Labute approximate surface area is 171 Å². The molecule has 2 bridgehead atoms. The van der Waals surface area contributed by atoms with Crippen molar-refractivity contribution in [1.82, 2.24) is 5.01 Å². The van der Waals surface area contributed by atoms with Crippen molar-refractivity contribution in [2.24, 2.45) is 34.2 Å². The second kappa shape index (κ2) is 5.78. The van der Waals surface area contributed by atoms with E-state index in [2.05, 4.69) is 17.3 Å². The molecule has 0 unspecified atom stereocenters. The number of hydrogen-bond donors (Lipinski definition) is 0. The number of carbonyl (C=O) groups excluding carboxylic acids is 3. The van der Waals surface area contributed by atoms with Crippen LogP contribution >= 0.6 is 0 Å². The van der Waals surface area contributed by atoms with Crippen molar-refractivity contribution >= 4 is 24.0 Å². The molecule has 0 radical (unpaired) electrons. The fraction of sp³-hybridized carbons (Fsp3) is 0.304. The third-order valence-corrected chi connectivity index (χ3v) is 7.14. The number of amides is 2. The summed E-state index contributed by atoms with van der Waals surface area (Å²) >= 11 is 0. The zero-order valence-electron chi connectivity index (χ0n) is 15.9. The molecule has 7 nitrogen and oxygen atoms in total.